The maximum atomic E-state index is 12.4. The SMILES string of the molecule is C[C@H]1[C@H](N2C[C@H](C(=O)OCC(=O)NCCC#N)CC2=O)CCC[C@@H]1C. The Hall–Kier alpha value is -2.10. The topological polar surface area (TPSA) is 99.5 Å². The first-order valence-electron chi connectivity index (χ1n) is 9.03. The Morgan fingerprint density at radius 3 is 2.84 bits per heavy atom. The van der Waals surface area contributed by atoms with Gasteiger partial charge in [0, 0.05) is 25.6 Å². The molecule has 2 fully saturated rings. The van der Waals surface area contributed by atoms with Crippen LogP contribution in [-0.4, -0.2) is 48.4 Å². The average Bonchev–Trinajstić information content (AvgIpc) is 2.97. The van der Waals surface area contributed by atoms with E-state index in [1.807, 2.05) is 11.0 Å². The lowest BCUT2D eigenvalue weighted by atomic mass is 9.77. The van der Waals surface area contributed by atoms with Crippen molar-refractivity contribution in [3.05, 3.63) is 0 Å². The van der Waals surface area contributed by atoms with Crippen LogP contribution in [0.3, 0.4) is 0 Å². The van der Waals surface area contributed by atoms with Gasteiger partial charge in [0.25, 0.3) is 5.91 Å². The number of hydrogen-bond donors (Lipinski definition) is 1. The minimum atomic E-state index is -0.497. The van der Waals surface area contributed by atoms with E-state index < -0.39 is 17.8 Å². The lowest BCUT2D eigenvalue weighted by Gasteiger charge is -2.39. The van der Waals surface area contributed by atoms with E-state index in [1.165, 1.54) is 6.42 Å². The van der Waals surface area contributed by atoms with E-state index in [0.29, 0.717) is 18.4 Å². The molecule has 1 aliphatic heterocycles. The fourth-order valence-corrected chi connectivity index (χ4v) is 3.77. The van der Waals surface area contributed by atoms with Gasteiger partial charge in [-0.1, -0.05) is 26.7 Å². The Morgan fingerprint density at radius 2 is 2.12 bits per heavy atom. The van der Waals surface area contributed by atoms with Crippen LogP contribution in [0.2, 0.25) is 0 Å². The predicted octanol–water partition coefficient (Wildman–Crippen LogP) is 1.23. The highest BCUT2D eigenvalue weighted by molar-refractivity contribution is 5.88. The van der Waals surface area contributed by atoms with Crippen molar-refractivity contribution in [2.45, 2.75) is 52.0 Å². The van der Waals surface area contributed by atoms with Crippen LogP contribution in [0.4, 0.5) is 0 Å². The predicted molar refractivity (Wildman–Crippen MR) is 90.0 cm³/mol. The van der Waals surface area contributed by atoms with Crippen LogP contribution in [-0.2, 0) is 19.1 Å². The van der Waals surface area contributed by atoms with Gasteiger partial charge in [-0.15, -0.1) is 0 Å². The van der Waals surface area contributed by atoms with Crippen molar-refractivity contribution in [1.29, 1.82) is 5.26 Å². The van der Waals surface area contributed by atoms with Gasteiger partial charge in [0.2, 0.25) is 5.91 Å². The Morgan fingerprint density at radius 1 is 1.36 bits per heavy atom. The standard InChI is InChI=1S/C18H27N3O4/c1-12-5-3-6-15(13(12)2)21-10-14(9-17(21)23)18(24)25-11-16(22)20-8-4-7-19/h12-15H,3-6,8-11H2,1-2H3,(H,20,22)/t12-,13+,14+,15+/m0/s1. The van der Waals surface area contributed by atoms with Crippen LogP contribution in [0.5, 0.6) is 0 Å². The molecule has 1 aliphatic carbocycles. The van der Waals surface area contributed by atoms with E-state index in [2.05, 4.69) is 19.2 Å². The molecule has 4 atom stereocenters. The number of ether oxygens (including phenoxy) is 1. The maximum absolute atomic E-state index is 12.4. The highest BCUT2D eigenvalue weighted by Gasteiger charge is 2.42. The molecule has 2 rings (SSSR count). The number of nitrogens with zero attached hydrogens (tertiary/aromatic N) is 2. The normalized spacial score (nSPS) is 29.2. The summed E-state index contributed by atoms with van der Waals surface area (Å²) in [7, 11) is 0. The number of likely N-dealkylation sites (tertiary alicyclic amines) is 1. The molecule has 0 spiro atoms. The van der Waals surface area contributed by atoms with Crippen LogP contribution in [0.1, 0.15) is 46.0 Å². The molecule has 0 aromatic heterocycles. The average molecular weight is 349 g/mol. The van der Waals surface area contributed by atoms with Crippen LogP contribution >= 0.6 is 0 Å². The largest absolute Gasteiger partial charge is 0.455 e. The van der Waals surface area contributed by atoms with Crippen molar-refractivity contribution in [1.82, 2.24) is 10.2 Å². The molecule has 0 aromatic rings. The van der Waals surface area contributed by atoms with Crippen LogP contribution in [0.25, 0.3) is 0 Å². The van der Waals surface area contributed by atoms with E-state index in [9.17, 15) is 14.4 Å². The molecule has 0 unspecified atom stereocenters. The summed E-state index contributed by atoms with van der Waals surface area (Å²) < 4.78 is 5.04. The Labute approximate surface area is 148 Å². The highest BCUT2D eigenvalue weighted by atomic mass is 16.5. The third-order valence-electron chi connectivity index (χ3n) is 5.46. The lowest BCUT2D eigenvalue weighted by Crippen LogP contribution is -2.45. The molecule has 138 valence electrons. The third-order valence-corrected chi connectivity index (χ3v) is 5.46. The van der Waals surface area contributed by atoms with Crippen molar-refractivity contribution in [3.63, 3.8) is 0 Å². The van der Waals surface area contributed by atoms with Gasteiger partial charge >= 0.3 is 5.97 Å². The minimum Gasteiger partial charge on any atom is -0.455 e. The van der Waals surface area contributed by atoms with Gasteiger partial charge in [0.05, 0.1) is 18.4 Å². The minimum absolute atomic E-state index is 0.00590. The second kappa shape index (κ2) is 8.84. The molecular weight excluding hydrogens is 322 g/mol. The number of esters is 1. The van der Waals surface area contributed by atoms with E-state index in [1.54, 1.807) is 0 Å². The molecule has 1 heterocycles. The summed E-state index contributed by atoms with van der Waals surface area (Å²) in [6, 6.07) is 2.11. The summed E-state index contributed by atoms with van der Waals surface area (Å²) in [6.07, 6.45) is 3.65. The molecule has 25 heavy (non-hydrogen) atoms. The summed E-state index contributed by atoms with van der Waals surface area (Å²) in [4.78, 5) is 37.9. The van der Waals surface area contributed by atoms with Gasteiger partial charge in [0.1, 0.15) is 0 Å². The van der Waals surface area contributed by atoms with E-state index >= 15 is 0 Å². The second-order valence-corrected chi connectivity index (χ2v) is 7.15. The van der Waals surface area contributed by atoms with Crippen LogP contribution in [0, 0.1) is 29.1 Å². The molecule has 7 nitrogen and oxygen atoms in total. The summed E-state index contributed by atoms with van der Waals surface area (Å²) in [6.45, 7) is 4.65. The van der Waals surface area contributed by atoms with Gasteiger partial charge < -0.3 is 15.0 Å². The zero-order valence-corrected chi connectivity index (χ0v) is 15.0. The smallest absolute Gasteiger partial charge is 0.311 e. The summed E-state index contributed by atoms with van der Waals surface area (Å²) in [5, 5.41) is 10.9. The first-order valence-corrected chi connectivity index (χ1v) is 9.03. The first-order chi connectivity index (χ1) is 11.9. The number of nitrogens with one attached hydrogen (secondary N) is 1. The second-order valence-electron chi connectivity index (χ2n) is 7.15. The Balaban J connectivity index is 1.82. The number of rotatable bonds is 6. The maximum Gasteiger partial charge on any atom is 0.311 e. The summed E-state index contributed by atoms with van der Waals surface area (Å²) in [5.74, 6) is -0.412. The van der Waals surface area contributed by atoms with E-state index in [4.69, 9.17) is 10.00 Å². The fourth-order valence-electron chi connectivity index (χ4n) is 3.77. The number of nitriles is 1. The van der Waals surface area contributed by atoms with Gasteiger partial charge in [0.15, 0.2) is 6.61 Å². The Bertz CT molecular complexity index is 557. The van der Waals surface area contributed by atoms with Crippen molar-refractivity contribution in [3.8, 4) is 6.07 Å². The van der Waals surface area contributed by atoms with Gasteiger partial charge in [-0.2, -0.15) is 5.26 Å². The first kappa shape index (κ1) is 19.2. The number of carbonyl (C=O) groups is 3. The van der Waals surface area contributed by atoms with Crippen molar-refractivity contribution in [2.24, 2.45) is 17.8 Å². The monoisotopic (exact) mass is 349 g/mol. The number of amides is 2. The van der Waals surface area contributed by atoms with Gasteiger partial charge in [-0.3, -0.25) is 14.4 Å². The molecule has 7 heteroatoms. The zero-order valence-electron chi connectivity index (χ0n) is 15.0. The van der Waals surface area contributed by atoms with Crippen LogP contribution < -0.4 is 5.32 Å². The molecule has 1 N–H and O–H groups in total. The summed E-state index contributed by atoms with van der Waals surface area (Å²) in [5.41, 5.74) is 0. The molecule has 0 radical (unpaired) electrons. The Kier molecular flexibility index (Phi) is 6.80. The quantitative estimate of drug-likeness (QED) is 0.574. The molecule has 0 bridgehead atoms. The number of hydrogen-bond acceptors (Lipinski definition) is 5. The third kappa shape index (κ3) is 4.94. The summed E-state index contributed by atoms with van der Waals surface area (Å²) >= 11 is 0. The van der Waals surface area contributed by atoms with Gasteiger partial charge in [-0.05, 0) is 18.3 Å². The molecule has 2 amide bonds. The van der Waals surface area contributed by atoms with E-state index in [0.717, 1.165) is 12.8 Å². The van der Waals surface area contributed by atoms with Crippen LogP contribution in [0.15, 0.2) is 0 Å². The van der Waals surface area contributed by atoms with Crippen molar-refractivity contribution in [2.75, 3.05) is 19.7 Å². The molecule has 1 saturated heterocycles. The molecule has 1 saturated carbocycles. The fraction of sp³-hybridized carbons (Fsp3) is 0.778. The van der Waals surface area contributed by atoms with Crippen molar-refractivity contribution >= 4 is 17.8 Å². The molecule has 2 aliphatic rings. The van der Waals surface area contributed by atoms with E-state index in [-0.39, 0.29) is 37.9 Å². The van der Waals surface area contributed by atoms with Gasteiger partial charge in [-0.25, -0.2) is 0 Å². The van der Waals surface area contributed by atoms with Crippen molar-refractivity contribution < 1.29 is 19.1 Å². The number of carbonyl (C=O) groups excluding carboxylic acids is 3. The molecule has 0 aromatic carbocycles. The molecular formula is C18H27N3O4. The lowest BCUT2D eigenvalue weighted by molar-refractivity contribution is -0.152. The zero-order chi connectivity index (χ0) is 18.4. The highest BCUT2D eigenvalue weighted by Crippen LogP contribution is 2.35.